The van der Waals surface area contributed by atoms with Crippen LogP contribution < -0.4 is 5.32 Å². The quantitative estimate of drug-likeness (QED) is 0.815. The van der Waals surface area contributed by atoms with Gasteiger partial charge in [-0.1, -0.05) is 18.2 Å². The first-order chi connectivity index (χ1) is 14.2. The van der Waals surface area contributed by atoms with Gasteiger partial charge in [0.05, 0.1) is 12.1 Å². The summed E-state index contributed by atoms with van der Waals surface area (Å²) in [6, 6.07) is 8.49. The molecule has 6 nitrogen and oxygen atoms in total. The van der Waals surface area contributed by atoms with E-state index < -0.39 is 0 Å². The Bertz CT molecular complexity index is 915. The highest BCUT2D eigenvalue weighted by atomic mass is 16.3. The van der Waals surface area contributed by atoms with Crippen molar-refractivity contribution in [2.24, 2.45) is 5.92 Å². The molecule has 1 aromatic carbocycles. The van der Waals surface area contributed by atoms with Crippen LogP contribution in [0.1, 0.15) is 56.8 Å². The molecule has 0 radical (unpaired) electrons. The van der Waals surface area contributed by atoms with Crippen molar-refractivity contribution in [1.82, 2.24) is 15.1 Å². The van der Waals surface area contributed by atoms with Crippen LogP contribution in [0.2, 0.25) is 0 Å². The van der Waals surface area contributed by atoms with Gasteiger partial charge in [-0.15, -0.1) is 0 Å². The number of para-hydroxylation sites is 1. The van der Waals surface area contributed by atoms with Crippen LogP contribution in [0, 0.1) is 5.92 Å². The van der Waals surface area contributed by atoms with Gasteiger partial charge in [-0.05, 0) is 58.4 Å². The molecule has 162 valence electrons. The monoisotopic (exact) mass is 411 g/mol. The van der Waals surface area contributed by atoms with E-state index in [-0.39, 0.29) is 17.4 Å². The van der Waals surface area contributed by atoms with Gasteiger partial charge in [0.25, 0.3) is 5.91 Å². The van der Waals surface area contributed by atoms with E-state index in [1.54, 1.807) is 6.26 Å². The summed E-state index contributed by atoms with van der Waals surface area (Å²) in [5.41, 5.74) is 1.18. The number of nitrogens with one attached hydrogen (secondary N) is 1. The van der Waals surface area contributed by atoms with E-state index in [9.17, 15) is 9.59 Å². The molecule has 30 heavy (non-hydrogen) atoms. The summed E-state index contributed by atoms with van der Waals surface area (Å²) < 4.78 is 5.50. The highest BCUT2D eigenvalue weighted by Crippen LogP contribution is 2.38. The minimum Gasteiger partial charge on any atom is -0.463 e. The molecule has 3 heterocycles. The Labute approximate surface area is 178 Å². The van der Waals surface area contributed by atoms with E-state index in [1.165, 1.54) is 0 Å². The summed E-state index contributed by atoms with van der Waals surface area (Å²) in [4.78, 5) is 29.7. The minimum atomic E-state index is -0.157. The molecule has 2 fully saturated rings. The fraction of sp³-hybridized carbons (Fsp3) is 0.583. The van der Waals surface area contributed by atoms with E-state index in [4.69, 9.17) is 4.42 Å². The Hall–Kier alpha value is -2.34. The Kier molecular flexibility index (Phi) is 5.62. The first-order valence-electron chi connectivity index (χ1n) is 11.0. The van der Waals surface area contributed by atoms with Crippen molar-refractivity contribution in [3.05, 3.63) is 36.1 Å². The highest BCUT2D eigenvalue weighted by Gasteiger charge is 2.42. The zero-order valence-corrected chi connectivity index (χ0v) is 18.5. The van der Waals surface area contributed by atoms with Gasteiger partial charge in [0, 0.05) is 36.6 Å². The van der Waals surface area contributed by atoms with Crippen LogP contribution in [0.5, 0.6) is 0 Å². The zero-order valence-electron chi connectivity index (χ0n) is 18.5. The maximum Gasteiger partial charge on any atom is 0.255 e. The number of carbonyl (C=O) groups is 2. The number of piperidine rings is 1. The van der Waals surface area contributed by atoms with Gasteiger partial charge in [-0.25, -0.2) is 0 Å². The van der Waals surface area contributed by atoms with Gasteiger partial charge in [-0.3, -0.25) is 14.5 Å². The van der Waals surface area contributed by atoms with Crippen LogP contribution in [0.4, 0.5) is 0 Å². The highest BCUT2D eigenvalue weighted by molar-refractivity contribution is 6.05. The average molecular weight is 412 g/mol. The first-order valence-corrected chi connectivity index (χ1v) is 11.0. The summed E-state index contributed by atoms with van der Waals surface area (Å²) >= 11 is 0. The number of carbonyl (C=O) groups excluding carboxylic acids is 2. The fourth-order valence-electron chi connectivity index (χ4n) is 4.93. The standard InChI is InChI=1S/C24H33N3O3/c1-24(2,3)26(4)22(28)14-27-17-9-10-18(27)12-16(11-17)13-25-23(29)20-15-30-21-8-6-5-7-19(20)21/h5-8,15-18H,9-14H2,1-4H3,(H,25,29)/t16-,17-,18+. The van der Waals surface area contributed by atoms with Gasteiger partial charge < -0.3 is 14.6 Å². The third kappa shape index (κ3) is 4.10. The largest absolute Gasteiger partial charge is 0.463 e. The van der Waals surface area contributed by atoms with Crippen molar-refractivity contribution in [2.45, 2.75) is 64.1 Å². The van der Waals surface area contributed by atoms with E-state index in [0.29, 0.717) is 36.7 Å². The number of nitrogens with zero attached hydrogens (tertiary/aromatic N) is 2. The number of fused-ring (bicyclic) bond motifs is 3. The molecule has 1 N–H and O–H groups in total. The number of furan rings is 1. The molecule has 2 saturated heterocycles. The summed E-state index contributed by atoms with van der Waals surface area (Å²) in [6.07, 6.45) is 5.91. The van der Waals surface area contributed by atoms with E-state index in [2.05, 4.69) is 31.0 Å². The number of rotatable bonds is 5. The molecular weight excluding hydrogens is 378 g/mol. The normalized spacial score (nSPS) is 24.2. The summed E-state index contributed by atoms with van der Waals surface area (Å²) in [7, 11) is 1.89. The second-order valence-electron chi connectivity index (χ2n) is 9.87. The number of hydrogen-bond acceptors (Lipinski definition) is 4. The molecule has 0 aliphatic carbocycles. The number of benzene rings is 1. The Balaban J connectivity index is 1.32. The SMILES string of the molecule is CN(C(=O)CN1[C@@H]2CC[C@H]1C[C@H](CNC(=O)c1coc3ccccc13)C2)C(C)(C)C. The molecule has 6 heteroatoms. The minimum absolute atomic E-state index is 0.0725. The lowest BCUT2D eigenvalue weighted by molar-refractivity contribution is -0.136. The van der Waals surface area contributed by atoms with Crippen LogP contribution >= 0.6 is 0 Å². The lowest BCUT2D eigenvalue weighted by atomic mass is 9.90. The maximum atomic E-state index is 12.7. The molecule has 2 aliphatic heterocycles. The van der Waals surface area contributed by atoms with Gasteiger partial charge in [0.15, 0.2) is 0 Å². The predicted molar refractivity (Wildman–Crippen MR) is 117 cm³/mol. The van der Waals surface area contributed by atoms with Gasteiger partial charge in [0.1, 0.15) is 11.8 Å². The zero-order chi connectivity index (χ0) is 21.5. The molecule has 0 spiro atoms. The Morgan fingerprint density at radius 1 is 1.17 bits per heavy atom. The summed E-state index contributed by atoms with van der Waals surface area (Å²) in [5.74, 6) is 0.575. The smallest absolute Gasteiger partial charge is 0.255 e. The molecule has 0 saturated carbocycles. The fourth-order valence-corrected chi connectivity index (χ4v) is 4.93. The molecule has 4 rings (SSSR count). The molecule has 2 aromatic rings. The second kappa shape index (κ2) is 8.06. The van der Waals surface area contributed by atoms with Crippen molar-refractivity contribution in [3.8, 4) is 0 Å². The van der Waals surface area contributed by atoms with Crippen molar-refractivity contribution < 1.29 is 14.0 Å². The summed E-state index contributed by atoms with van der Waals surface area (Å²) in [5, 5.41) is 3.97. The summed E-state index contributed by atoms with van der Waals surface area (Å²) in [6.45, 7) is 7.38. The second-order valence-corrected chi connectivity index (χ2v) is 9.87. The number of likely N-dealkylation sites (N-methyl/N-ethyl adjacent to an activating group) is 1. The lowest BCUT2D eigenvalue weighted by Gasteiger charge is -2.40. The van der Waals surface area contributed by atoms with Gasteiger partial charge >= 0.3 is 0 Å². The van der Waals surface area contributed by atoms with Gasteiger partial charge in [-0.2, -0.15) is 0 Å². The lowest BCUT2D eigenvalue weighted by Crippen LogP contribution is -2.52. The predicted octanol–water partition coefficient (Wildman–Crippen LogP) is 3.66. The number of amides is 2. The van der Waals surface area contributed by atoms with Gasteiger partial charge in [0.2, 0.25) is 5.91 Å². The Morgan fingerprint density at radius 2 is 1.83 bits per heavy atom. The molecular formula is C24H33N3O3. The number of hydrogen-bond donors (Lipinski definition) is 1. The maximum absolute atomic E-state index is 12.7. The molecule has 2 bridgehead atoms. The van der Waals surface area contributed by atoms with Crippen LogP contribution in [0.15, 0.2) is 34.9 Å². The van der Waals surface area contributed by atoms with E-state index in [1.807, 2.05) is 36.2 Å². The van der Waals surface area contributed by atoms with Crippen molar-refractivity contribution in [3.63, 3.8) is 0 Å². The third-order valence-corrected chi connectivity index (χ3v) is 6.96. The van der Waals surface area contributed by atoms with Crippen molar-refractivity contribution >= 4 is 22.8 Å². The molecule has 0 unspecified atom stereocenters. The van der Waals surface area contributed by atoms with Crippen molar-refractivity contribution in [1.29, 1.82) is 0 Å². The average Bonchev–Trinajstić information content (AvgIpc) is 3.22. The first kappa shape index (κ1) is 20.9. The van der Waals surface area contributed by atoms with Crippen LogP contribution in [-0.4, -0.2) is 59.4 Å². The van der Waals surface area contributed by atoms with Crippen LogP contribution in [0.25, 0.3) is 11.0 Å². The molecule has 3 atom stereocenters. The molecule has 1 aromatic heterocycles. The van der Waals surface area contributed by atoms with Crippen LogP contribution in [-0.2, 0) is 4.79 Å². The molecule has 2 amide bonds. The topological polar surface area (TPSA) is 65.8 Å². The van der Waals surface area contributed by atoms with E-state index >= 15 is 0 Å². The Morgan fingerprint density at radius 3 is 2.50 bits per heavy atom. The molecule has 2 aliphatic rings. The third-order valence-electron chi connectivity index (χ3n) is 6.96. The van der Waals surface area contributed by atoms with Crippen LogP contribution in [0.3, 0.4) is 0 Å². The van der Waals surface area contributed by atoms with Crippen molar-refractivity contribution in [2.75, 3.05) is 20.1 Å². The van der Waals surface area contributed by atoms with E-state index in [0.717, 1.165) is 36.7 Å².